The summed E-state index contributed by atoms with van der Waals surface area (Å²) in [6.45, 7) is 1.42. The first-order chi connectivity index (χ1) is 9.15. The van der Waals surface area contributed by atoms with Crippen molar-refractivity contribution in [2.24, 2.45) is 0 Å². The van der Waals surface area contributed by atoms with Crippen molar-refractivity contribution in [3.05, 3.63) is 22.8 Å². The summed E-state index contributed by atoms with van der Waals surface area (Å²) >= 11 is 1.76. The van der Waals surface area contributed by atoms with Crippen LogP contribution in [-0.2, 0) is 0 Å². The van der Waals surface area contributed by atoms with E-state index in [9.17, 15) is 4.55 Å². The molecule has 0 spiro atoms. The summed E-state index contributed by atoms with van der Waals surface area (Å²) in [5, 5.41) is 6.17. The number of hydrogen-bond acceptors (Lipinski definition) is 7. The number of rotatable bonds is 6. The molecule has 1 unspecified atom stereocenters. The molecule has 7 nitrogen and oxygen atoms in total. The van der Waals surface area contributed by atoms with E-state index < -0.39 is 11.1 Å². The Morgan fingerprint density at radius 3 is 2.68 bits per heavy atom. The van der Waals surface area contributed by atoms with Gasteiger partial charge in [-0.05, 0) is 34.5 Å². The summed E-state index contributed by atoms with van der Waals surface area (Å²) in [6, 6.07) is 3.82. The zero-order valence-electron chi connectivity index (χ0n) is 9.97. The fourth-order valence-electron chi connectivity index (χ4n) is 1.39. The molecule has 102 valence electrons. The lowest BCUT2D eigenvalue weighted by molar-refractivity contribution is 0.585. The molecule has 0 fully saturated rings. The maximum Gasteiger partial charge on any atom is 0.232 e. The van der Waals surface area contributed by atoms with E-state index in [1.165, 1.54) is 0 Å². The van der Waals surface area contributed by atoms with Crippen LogP contribution in [0.3, 0.4) is 0 Å². The van der Waals surface area contributed by atoms with Crippen LogP contribution in [0, 0.1) is 0 Å². The highest BCUT2D eigenvalue weighted by atomic mass is 79.9. The minimum Gasteiger partial charge on any atom is -0.546 e. The number of aromatic nitrogens is 3. The standard InChI is InChI=1S/C10H13BrN6OS/c11-7-2-3-8(15-6-7)13-4-1-5-14-10-9(12)16-19(18)17-10/h2-3,6H,1,4-5H2,(H2,12,16)(H,13,15)(H,14,17). The Morgan fingerprint density at radius 1 is 1.26 bits per heavy atom. The Labute approximate surface area is 121 Å². The fourth-order valence-corrected chi connectivity index (χ4v) is 2.23. The van der Waals surface area contributed by atoms with Gasteiger partial charge in [0.05, 0.1) is 0 Å². The van der Waals surface area contributed by atoms with Crippen molar-refractivity contribution < 1.29 is 4.55 Å². The summed E-state index contributed by atoms with van der Waals surface area (Å²) in [4.78, 5) is 4.19. The molecule has 2 aromatic rings. The number of halogens is 1. The molecule has 2 heterocycles. The van der Waals surface area contributed by atoms with E-state index in [0.29, 0.717) is 12.4 Å². The van der Waals surface area contributed by atoms with Gasteiger partial charge in [0.1, 0.15) is 5.82 Å². The van der Waals surface area contributed by atoms with Gasteiger partial charge in [-0.2, -0.15) is 0 Å². The molecule has 2 aromatic heterocycles. The second-order valence-electron chi connectivity index (χ2n) is 3.72. The molecule has 9 heteroatoms. The predicted octanol–water partition coefficient (Wildman–Crippen LogP) is 1.86. The van der Waals surface area contributed by atoms with Crippen LogP contribution in [-0.4, -0.2) is 31.4 Å². The highest BCUT2D eigenvalue weighted by Crippen LogP contribution is 2.18. The van der Waals surface area contributed by atoms with Crippen LogP contribution in [0.1, 0.15) is 6.42 Å². The van der Waals surface area contributed by atoms with E-state index in [2.05, 4.69) is 40.3 Å². The van der Waals surface area contributed by atoms with Gasteiger partial charge in [-0.15, -0.1) is 0 Å². The van der Waals surface area contributed by atoms with Gasteiger partial charge in [0, 0.05) is 32.5 Å². The molecular weight excluding hydrogens is 332 g/mol. The number of hydrogen-bond donors (Lipinski definition) is 3. The summed E-state index contributed by atoms with van der Waals surface area (Å²) in [5.41, 5.74) is 5.52. The van der Waals surface area contributed by atoms with Gasteiger partial charge in [0.2, 0.25) is 11.6 Å². The first-order valence-electron chi connectivity index (χ1n) is 5.59. The number of nitrogens with two attached hydrogens (primary N) is 1. The monoisotopic (exact) mass is 344 g/mol. The van der Waals surface area contributed by atoms with Gasteiger partial charge in [-0.3, -0.25) is 0 Å². The normalized spacial score (nSPS) is 11.4. The molecule has 2 rings (SSSR count). The Morgan fingerprint density at radius 2 is 2.05 bits per heavy atom. The minimum absolute atomic E-state index is 0.195. The highest BCUT2D eigenvalue weighted by molar-refractivity contribution is 9.10. The van der Waals surface area contributed by atoms with Gasteiger partial charge < -0.3 is 20.9 Å². The first kappa shape index (κ1) is 14.0. The van der Waals surface area contributed by atoms with E-state index in [4.69, 9.17) is 5.73 Å². The maximum atomic E-state index is 11.0. The van der Waals surface area contributed by atoms with E-state index >= 15 is 0 Å². The second kappa shape index (κ2) is 6.64. The van der Waals surface area contributed by atoms with Crippen molar-refractivity contribution in [2.75, 3.05) is 29.5 Å². The van der Waals surface area contributed by atoms with Crippen LogP contribution < -0.4 is 16.4 Å². The Kier molecular flexibility index (Phi) is 4.88. The van der Waals surface area contributed by atoms with Crippen LogP contribution in [0.15, 0.2) is 22.8 Å². The quantitative estimate of drug-likeness (QED) is 0.541. The molecule has 0 aliphatic rings. The summed E-state index contributed by atoms with van der Waals surface area (Å²) in [7, 11) is 0. The molecule has 0 aromatic carbocycles. The number of anilines is 3. The highest BCUT2D eigenvalue weighted by Gasteiger charge is 2.10. The summed E-state index contributed by atoms with van der Waals surface area (Å²) in [6.07, 6.45) is 2.58. The van der Waals surface area contributed by atoms with Gasteiger partial charge in [0.25, 0.3) is 0 Å². The SMILES string of the molecule is Nc1n[s+]([O-])nc1NCCCNc1ccc(Br)cn1. The lowest BCUT2D eigenvalue weighted by atomic mass is 10.4. The van der Waals surface area contributed by atoms with Gasteiger partial charge >= 0.3 is 0 Å². The summed E-state index contributed by atoms with van der Waals surface area (Å²) in [5.74, 6) is 1.42. The molecule has 19 heavy (non-hydrogen) atoms. The van der Waals surface area contributed by atoms with E-state index in [1.807, 2.05) is 12.1 Å². The number of pyridine rings is 1. The topological polar surface area (TPSA) is 112 Å². The fraction of sp³-hybridized carbons (Fsp3) is 0.300. The maximum absolute atomic E-state index is 11.0. The zero-order valence-corrected chi connectivity index (χ0v) is 12.4. The van der Waals surface area contributed by atoms with Crippen LogP contribution in [0.25, 0.3) is 0 Å². The van der Waals surface area contributed by atoms with Gasteiger partial charge in [-0.1, -0.05) is 0 Å². The lowest BCUT2D eigenvalue weighted by Gasteiger charge is -2.05. The van der Waals surface area contributed by atoms with Crippen LogP contribution in [0.4, 0.5) is 17.5 Å². The molecule has 4 N–H and O–H groups in total. The van der Waals surface area contributed by atoms with Gasteiger partial charge in [-0.25, -0.2) is 4.98 Å². The zero-order chi connectivity index (χ0) is 13.7. The number of nitrogens with zero attached hydrogens (tertiary/aromatic N) is 3. The smallest absolute Gasteiger partial charge is 0.232 e. The Bertz CT molecular complexity index is 531. The third-order valence-electron chi connectivity index (χ3n) is 2.27. The van der Waals surface area contributed by atoms with Crippen molar-refractivity contribution in [3.63, 3.8) is 0 Å². The first-order valence-corrected chi connectivity index (χ1v) is 7.45. The van der Waals surface area contributed by atoms with E-state index in [1.54, 1.807) is 6.20 Å². The van der Waals surface area contributed by atoms with Crippen molar-refractivity contribution >= 4 is 44.5 Å². The Balaban J connectivity index is 1.67. The molecule has 0 aliphatic carbocycles. The van der Waals surface area contributed by atoms with Crippen molar-refractivity contribution in [3.8, 4) is 0 Å². The third-order valence-corrected chi connectivity index (χ3v) is 3.43. The largest absolute Gasteiger partial charge is 0.546 e. The molecule has 1 atom stereocenters. The van der Waals surface area contributed by atoms with Crippen LogP contribution >= 0.6 is 27.1 Å². The van der Waals surface area contributed by atoms with Crippen molar-refractivity contribution in [1.29, 1.82) is 0 Å². The number of nitrogen functional groups attached to an aromatic ring is 1. The predicted molar refractivity (Wildman–Crippen MR) is 78.6 cm³/mol. The lowest BCUT2D eigenvalue weighted by Crippen LogP contribution is -2.10. The molecular formula is C10H13BrN6OS. The Hall–Kier alpha value is -1.45. The third kappa shape index (κ3) is 4.30. The van der Waals surface area contributed by atoms with E-state index in [-0.39, 0.29) is 5.82 Å². The number of nitrogens with one attached hydrogen (secondary N) is 2. The molecule has 0 saturated carbocycles. The van der Waals surface area contributed by atoms with Crippen molar-refractivity contribution in [1.82, 2.24) is 13.7 Å². The minimum atomic E-state index is -1.56. The van der Waals surface area contributed by atoms with Crippen LogP contribution in [0.5, 0.6) is 0 Å². The second-order valence-corrected chi connectivity index (χ2v) is 5.46. The van der Waals surface area contributed by atoms with Gasteiger partial charge in [0.15, 0.2) is 11.1 Å². The molecule has 0 aliphatic heterocycles. The molecule has 0 radical (unpaired) electrons. The van der Waals surface area contributed by atoms with Crippen LogP contribution in [0.2, 0.25) is 0 Å². The average molecular weight is 345 g/mol. The molecule has 0 bridgehead atoms. The summed E-state index contributed by atoms with van der Waals surface area (Å²) < 4.78 is 19.2. The van der Waals surface area contributed by atoms with Crippen molar-refractivity contribution in [2.45, 2.75) is 6.42 Å². The average Bonchev–Trinajstić information content (AvgIpc) is 2.70. The molecule has 0 amide bonds. The van der Waals surface area contributed by atoms with E-state index in [0.717, 1.165) is 23.3 Å². The molecule has 0 saturated heterocycles.